The maximum atomic E-state index is 5.35. The Bertz CT molecular complexity index is 884. The minimum absolute atomic E-state index is 0.797. The Morgan fingerprint density at radius 1 is 1.17 bits per heavy atom. The first kappa shape index (κ1) is 14.4. The third kappa shape index (κ3) is 2.63. The van der Waals surface area contributed by atoms with E-state index in [1.807, 2.05) is 24.4 Å². The van der Waals surface area contributed by atoms with Crippen LogP contribution < -0.4 is 9.64 Å². The van der Waals surface area contributed by atoms with Crippen LogP contribution in [0, 0.1) is 0 Å². The molecule has 0 fully saturated rings. The van der Waals surface area contributed by atoms with Crippen molar-refractivity contribution < 1.29 is 4.74 Å². The molecule has 0 saturated heterocycles. The Hall–Kier alpha value is -2.21. The van der Waals surface area contributed by atoms with Crippen LogP contribution in [0.25, 0.3) is 10.9 Å². The Morgan fingerprint density at radius 3 is 2.96 bits per heavy atom. The van der Waals surface area contributed by atoms with Crippen LogP contribution in [-0.4, -0.2) is 28.6 Å². The number of benzene rings is 1. The molecule has 23 heavy (non-hydrogen) atoms. The SMILES string of the molecule is COc1ccc2ncnc(N3CCc4ncc(Br)cc4C3)c2c1. The third-order valence-corrected chi connectivity index (χ3v) is 4.56. The van der Waals surface area contributed by atoms with Crippen LogP contribution in [0.1, 0.15) is 11.3 Å². The number of ether oxygens (including phenoxy) is 1. The lowest BCUT2D eigenvalue weighted by Gasteiger charge is -2.30. The maximum Gasteiger partial charge on any atom is 0.140 e. The van der Waals surface area contributed by atoms with Gasteiger partial charge in [0.25, 0.3) is 0 Å². The molecular formula is C17H15BrN4O. The first-order valence-electron chi connectivity index (χ1n) is 7.41. The summed E-state index contributed by atoms with van der Waals surface area (Å²) < 4.78 is 6.35. The van der Waals surface area contributed by atoms with Crippen molar-refractivity contribution in [2.75, 3.05) is 18.6 Å². The molecule has 1 aromatic carbocycles. The molecule has 3 aromatic rings. The average molecular weight is 371 g/mol. The molecule has 0 bridgehead atoms. The van der Waals surface area contributed by atoms with Crippen LogP contribution >= 0.6 is 15.9 Å². The predicted octanol–water partition coefficient (Wildman–Crippen LogP) is 3.36. The van der Waals surface area contributed by atoms with Gasteiger partial charge in [-0.2, -0.15) is 0 Å². The predicted molar refractivity (Wildman–Crippen MR) is 92.8 cm³/mol. The number of rotatable bonds is 2. The number of methoxy groups -OCH3 is 1. The number of fused-ring (bicyclic) bond motifs is 2. The summed E-state index contributed by atoms with van der Waals surface area (Å²) in [6.45, 7) is 1.69. The van der Waals surface area contributed by atoms with E-state index in [-0.39, 0.29) is 0 Å². The highest BCUT2D eigenvalue weighted by atomic mass is 79.9. The molecule has 0 aliphatic carbocycles. The molecule has 116 valence electrons. The Kier molecular flexibility index (Phi) is 3.61. The molecule has 5 nitrogen and oxygen atoms in total. The highest BCUT2D eigenvalue weighted by Crippen LogP contribution is 2.30. The van der Waals surface area contributed by atoms with Crippen LogP contribution in [-0.2, 0) is 13.0 Å². The van der Waals surface area contributed by atoms with Crippen molar-refractivity contribution in [3.05, 3.63) is 52.5 Å². The number of hydrogen-bond donors (Lipinski definition) is 0. The first-order chi connectivity index (χ1) is 11.2. The highest BCUT2D eigenvalue weighted by Gasteiger charge is 2.20. The number of hydrogen-bond acceptors (Lipinski definition) is 5. The summed E-state index contributed by atoms with van der Waals surface area (Å²) in [4.78, 5) is 15.7. The van der Waals surface area contributed by atoms with Crippen LogP contribution in [0.4, 0.5) is 5.82 Å². The van der Waals surface area contributed by atoms with E-state index < -0.39 is 0 Å². The lowest BCUT2D eigenvalue weighted by atomic mass is 10.1. The van der Waals surface area contributed by atoms with E-state index in [0.29, 0.717) is 0 Å². The fourth-order valence-corrected chi connectivity index (χ4v) is 3.36. The van der Waals surface area contributed by atoms with Gasteiger partial charge >= 0.3 is 0 Å². The van der Waals surface area contributed by atoms with Gasteiger partial charge in [0.15, 0.2) is 0 Å². The van der Waals surface area contributed by atoms with E-state index in [1.54, 1.807) is 13.4 Å². The smallest absolute Gasteiger partial charge is 0.140 e. The normalized spacial score (nSPS) is 13.9. The molecule has 2 aromatic heterocycles. The number of anilines is 1. The summed E-state index contributed by atoms with van der Waals surface area (Å²) in [6.07, 6.45) is 4.40. The van der Waals surface area contributed by atoms with Crippen molar-refractivity contribution in [1.29, 1.82) is 0 Å². The summed E-state index contributed by atoms with van der Waals surface area (Å²) in [5, 5.41) is 1.01. The molecule has 3 heterocycles. The topological polar surface area (TPSA) is 51.1 Å². The quantitative estimate of drug-likeness (QED) is 0.692. The molecule has 1 aliphatic heterocycles. The zero-order chi connectivity index (χ0) is 15.8. The van der Waals surface area contributed by atoms with Gasteiger partial charge in [-0.25, -0.2) is 9.97 Å². The Morgan fingerprint density at radius 2 is 2.09 bits per heavy atom. The monoisotopic (exact) mass is 370 g/mol. The standard InChI is InChI=1S/C17H15BrN4O/c1-23-13-2-3-16-14(7-13)17(21-10-20-16)22-5-4-15-11(9-22)6-12(18)8-19-15/h2-3,6-8,10H,4-5,9H2,1H3. The van der Waals surface area contributed by atoms with E-state index in [0.717, 1.165) is 46.5 Å². The number of pyridine rings is 1. The second-order valence-electron chi connectivity index (χ2n) is 5.51. The summed E-state index contributed by atoms with van der Waals surface area (Å²) in [7, 11) is 1.67. The third-order valence-electron chi connectivity index (χ3n) is 4.13. The lowest BCUT2D eigenvalue weighted by molar-refractivity contribution is 0.415. The molecular weight excluding hydrogens is 356 g/mol. The summed E-state index contributed by atoms with van der Waals surface area (Å²) in [6, 6.07) is 8.03. The van der Waals surface area contributed by atoms with Crippen LogP contribution in [0.2, 0.25) is 0 Å². The second-order valence-corrected chi connectivity index (χ2v) is 6.43. The van der Waals surface area contributed by atoms with Crippen molar-refractivity contribution >= 4 is 32.7 Å². The van der Waals surface area contributed by atoms with Crippen molar-refractivity contribution in [3.8, 4) is 5.75 Å². The van der Waals surface area contributed by atoms with Gasteiger partial charge in [-0.3, -0.25) is 4.98 Å². The van der Waals surface area contributed by atoms with Crippen molar-refractivity contribution in [3.63, 3.8) is 0 Å². The minimum atomic E-state index is 0.797. The van der Waals surface area contributed by atoms with Gasteiger partial charge in [-0.15, -0.1) is 0 Å². The summed E-state index contributed by atoms with van der Waals surface area (Å²) in [5.41, 5.74) is 3.33. The molecule has 4 rings (SSSR count). The molecule has 0 radical (unpaired) electrons. The van der Waals surface area contributed by atoms with Crippen molar-refractivity contribution in [1.82, 2.24) is 15.0 Å². The summed E-state index contributed by atoms with van der Waals surface area (Å²) >= 11 is 3.50. The van der Waals surface area contributed by atoms with Crippen molar-refractivity contribution in [2.45, 2.75) is 13.0 Å². The van der Waals surface area contributed by atoms with Crippen molar-refractivity contribution in [2.24, 2.45) is 0 Å². The molecule has 0 N–H and O–H groups in total. The van der Waals surface area contributed by atoms with E-state index in [4.69, 9.17) is 4.74 Å². The minimum Gasteiger partial charge on any atom is -0.497 e. The van der Waals surface area contributed by atoms with Gasteiger partial charge in [0, 0.05) is 41.3 Å². The lowest BCUT2D eigenvalue weighted by Crippen LogP contribution is -2.31. The van der Waals surface area contributed by atoms with E-state index >= 15 is 0 Å². The first-order valence-corrected chi connectivity index (χ1v) is 8.21. The van der Waals surface area contributed by atoms with Gasteiger partial charge in [0.2, 0.25) is 0 Å². The highest BCUT2D eigenvalue weighted by molar-refractivity contribution is 9.10. The zero-order valence-electron chi connectivity index (χ0n) is 12.7. The van der Waals surface area contributed by atoms with Gasteiger partial charge in [-0.1, -0.05) is 0 Å². The largest absolute Gasteiger partial charge is 0.497 e. The van der Waals surface area contributed by atoms with E-state index in [1.165, 1.54) is 11.3 Å². The van der Waals surface area contributed by atoms with E-state index in [2.05, 4.69) is 41.8 Å². The van der Waals surface area contributed by atoms with Crippen LogP contribution in [0.5, 0.6) is 5.75 Å². The fourth-order valence-electron chi connectivity index (χ4n) is 2.98. The molecule has 0 spiro atoms. The molecule has 1 aliphatic rings. The fraction of sp³-hybridized carbons (Fsp3) is 0.235. The summed E-state index contributed by atoms with van der Waals surface area (Å²) in [5.74, 6) is 1.76. The molecule has 0 atom stereocenters. The number of aromatic nitrogens is 3. The number of halogens is 1. The Balaban J connectivity index is 1.78. The number of nitrogens with zero attached hydrogens (tertiary/aromatic N) is 4. The van der Waals surface area contributed by atoms with Gasteiger partial charge in [-0.05, 0) is 45.8 Å². The Labute approximate surface area is 142 Å². The van der Waals surface area contributed by atoms with Crippen LogP contribution in [0.3, 0.4) is 0 Å². The van der Waals surface area contributed by atoms with Gasteiger partial charge < -0.3 is 9.64 Å². The molecule has 6 heteroatoms. The van der Waals surface area contributed by atoms with E-state index in [9.17, 15) is 0 Å². The molecule has 0 saturated carbocycles. The average Bonchev–Trinajstić information content (AvgIpc) is 2.60. The second kappa shape index (κ2) is 5.77. The van der Waals surface area contributed by atoms with Gasteiger partial charge in [0.05, 0.1) is 12.6 Å². The maximum absolute atomic E-state index is 5.35. The van der Waals surface area contributed by atoms with Crippen LogP contribution in [0.15, 0.2) is 41.3 Å². The molecule has 0 unspecified atom stereocenters. The zero-order valence-corrected chi connectivity index (χ0v) is 14.2. The molecule has 0 amide bonds. The van der Waals surface area contributed by atoms with Gasteiger partial charge in [0.1, 0.15) is 17.9 Å².